The first kappa shape index (κ1) is 10.3. The highest BCUT2D eigenvalue weighted by Gasteiger charge is 2.40. The Labute approximate surface area is 95.1 Å². The highest BCUT2D eigenvalue weighted by Crippen LogP contribution is 2.27. The molecule has 80 valence electrons. The van der Waals surface area contributed by atoms with Crippen LogP contribution < -0.4 is 4.90 Å². The van der Waals surface area contributed by atoms with E-state index in [4.69, 9.17) is 0 Å². The van der Waals surface area contributed by atoms with E-state index in [0.29, 0.717) is 11.7 Å². The number of hydrogen-bond acceptors (Lipinski definition) is 4. The number of aromatic nitrogens is 3. The van der Waals surface area contributed by atoms with Crippen LogP contribution in [0.3, 0.4) is 0 Å². The van der Waals surface area contributed by atoms with Gasteiger partial charge in [-0.2, -0.15) is 9.78 Å². The largest absolute Gasteiger partial charge is 0.281 e. The summed E-state index contributed by atoms with van der Waals surface area (Å²) in [6.07, 6.45) is 1.47. The van der Waals surface area contributed by atoms with Gasteiger partial charge in [-0.05, 0) is 13.8 Å². The molecule has 0 aromatic carbocycles. The van der Waals surface area contributed by atoms with E-state index < -0.39 is 4.32 Å². The molecular formula is C8H10BrN5O. The van der Waals surface area contributed by atoms with Gasteiger partial charge >= 0.3 is 0 Å². The standard InChI is InChI=1S/C8H10BrN5O/c1-5-8(2,9)6(15)13(3)7-11-10-4-14(7)12-5/h4H,1-3H3. The molecule has 15 heavy (non-hydrogen) atoms. The molecule has 1 aliphatic rings. The van der Waals surface area contributed by atoms with Crippen molar-refractivity contribution in [1.82, 2.24) is 14.9 Å². The quantitative estimate of drug-likeness (QED) is 0.651. The molecule has 7 heteroatoms. The van der Waals surface area contributed by atoms with Gasteiger partial charge in [-0.3, -0.25) is 9.69 Å². The molecule has 1 unspecified atom stereocenters. The van der Waals surface area contributed by atoms with Crippen molar-refractivity contribution < 1.29 is 4.79 Å². The summed E-state index contributed by atoms with van der Waals surface area (Å²) >= 11 is 3.37. The van der Waals surface area contributed by atoms with Crippen molar-refractivity contribution in [3.05, 3.63) is 6.33 Å². The van der Waals surface area contributed by atoms with E-state index in [2.05, 4.69) is 31.2 Å². The average molecular weight is 272 g/mol. The summed E-state index contributed by atoms with van der Waals surface area (Å²) in [5.74, 6) is 0.304. The van der Waals surface area contributed by atoms with E-state index in [1.165, 1.54) is 15.9 Å². The molecule has 0 saturated heterocycles. The summed E-state index contributed by atoms with van der Waals surface area (Å²) in [7, 11) is 1.65. The molecule has 2 rings (SSSR count). The highest BCUT2D eigenvalue weighted by molar-refractivity contribution is 9.10. The number of amides is 1. The molecule has 6 nitrogen and oxygen atoms in total. The van der Waals surface area contributed by atoms with Crippen molar-refractivity contribution in [2.45, 2.75) is 18.2 Å². The van der Waals surface area contributed by atoms with Gasteiger partial charge in [0.15, 0.2) is 0 Å². The second kappa shape index (κ2) is 3.13. The molecule has 0 spiro atoms. The van der Waals surface area contributed by atoms with E-state index in [1.807, 2.05) is 0 Å². The predicted molar refractivity (Wildman–Crippen MR) is 59.3 cm³/mol. The van der Waals surface area contributed by atoms with E-state index in [1.54, 1.807) is 20.9 Å². The summed E-state index contributed by atoms with van der Waals surface area (Å²) in [6, 6.07) is 0. The topological polar surface area (TPSA) is 63.4 Å². The zero-order valence-corrected chi connectivity index (χ0v) is 10.2. The van der Waals surface area contributed by atoms with Gasteiger partial charge in [0.2, 0.25) is 0 Å². The first-order valence-corrected chi connectivity index (χ1v) is 5.17. The minimum Gasteiger partial charge on any atom is -0.281 e. The van der Waals surface area contributed by atoms with Crippen LogP contribution in [0.4, 0.5) is 5.95 Å². The second-order valence-corrected chi connectivity index (χ2v) is 5.11. The third kappa shape index (κ3) is 1.38. The number of carbonyl (C=O) groups is 1. The summed E-state index contributed by atoms with van der Waals surface area (Å²) in [6.45, 7) is 3.56. The third-order valence-electron chi connectivity index (χ3n) is 2.46. The van der Waals surface area contributed by atoms with Gasteiger partial charge in [0.25, 0.3) is 11.9 Å². The molecule has 0 fully saturated rings. The normalized spacial score (nSPS) is 26.0. The lowest BCUT2D eigenvalue weighted by molar-refractivity contribution is -0.118. The molecule has 1 amide bonds. The van der Waals surface area contributed by atoms with Gasteiger partial charge in [0.1, 0.15) is 10.7 Å². The maximum atomic E-state index is 12.1. The van der Waals surface area contributed by atoms with Crippen LogP contribution in [0.2, 0.25) is 0 Å². The number of alkyl halides is 1. The molecular weight excluding hydrogens is 262 g/mol. The second-order valence-electron chi connectivity index (χ2n) is 3.53. The van der Waals surface area contributed by atoms with Gasteiger partial charge < -0.3 is 0 Å². The van der Waals surface area contributed by atoms with Gasteiger partial charge in [-0.15, -0.1) is 10.2 Å². The smallest absolute Gasteiger partial charge is 0.254 e. The molecule has 1 aromatic heterocycles. The number of rotatable bonds is 0. The third-order valence-corrected chi connectivity index (χ3v) is 3.37. The Morgan fingerprint density at radius 2 is 2.20 bits per heavy atom. The molecule has 2 heterocycles. The van der Waals surface area contributed by atoms with Crippen LogP contribution in [0.15, 0.2) is 11.4 Å². The zero-order valence-electron chi connectivity index (χ0n) is 8.60. The summed E-state index contributed by atoms with van der Waals surface area (Å²) in [4.78, 5) is 13.5. The van der Waals surface area contributed by atoms with Crippen molar-refractivity contribution in [2.75, 3.05) is 11.9 Å². The number of carbonyl (C=O) groups excluding carboxylic acids is 1. The van der Waals surface area contributed by atoms with Gasteiger partial charge in [-0.1, -0.05) is 15.9 Å². The molecule has 0 bridgehead atoms. The minimum atomic E-state index is -0.789. The number of halogens is 1. The molecule has 0 saturated carbocycles. The van der Waals surface area contributed by atoms with Crippen LogP contribution in [0.5, 0.6) is 0 Å². The van der Waals surface area contributed by atoms with Crippen LogP contribution in [0.25, 0.3) is 0 Å². The average Bonchev–Trinajstić information content (AvgIpc) is 2.60. The minimum absolute atomic E-state index is 0.115. The predicted octanol–water partition coefficient (Wildman–Crippen LogP) is 0.632. The van der Waals surface area contributed by atoms with Crippen LogP contribution in [0.1, 0.15) is 13.8 Å². The molecule has 0 N–H and O–H groups in total. The number of fused-ring (bicyclic) bond motifs is 1. The lowest BCUT2D eigenvalue weighted by Crippen LogP contribution is -2.45. The highest BCUT2D eigenvalue weighted by atomic mass is 79.9. The first-order chi connectivity index (χ1) is 6.94. The van der Waals surface area contributed by atoms with Crippen LogP contribution in [-0.4, -0.2) is 37.9 Å². The Morgan fingerprint density at radius 1 is 1.53 bits per heavy atom. The van der Waals surface area contributed by atoms with Crippen molar-refractivity contribution in [3.63, 3.8) is 0 Å². The van der Waals surface area contributed by atoms with Crippen molar-refractivity contribution >= 4 is 33.5 Å². The Balaban J connectivity index is 2.63. The van der Waals surface area contributed by atoms with Gasteiger partial charge in [-0.25, -0.2) is 0 Å². The van der Waals surface area contributed by atoms with E-state index in [-0.39, 0.29) is 5.91 Å². The Morgan fingerprint density at radius 3 is 2.87 bits per heavy atom. The summed E-state index contributed by atoms with van der Waals surface area (Å²) in [5, 5.41) is 11.8. The fourth-order valence-corrected chi connectivity index (χ4v) is 1.68. The SMILES string of the molecule is CC1=Nn2cnnc2N(C)C(=O)C1(C)Br. The number of anilines is 1. The molecule has 1 atom stereocenters. The molecule has 1 aromatic rings. The first-order valence-electron chi connectivity index (χ1n) is 4.37. The fourth-order valence-electron chi connectivity index (χ4n) is 1.33. The zero-order chi connectivity index (χ0) is 11.2. The maximum absolute atomic E-state index is 12.1. The number of hydrogen-bond donors (Lipinski definition) is 0. The van der Waals surface area contributed by atoms with E-state index in [9.17, 15) is 4.79 Å². The van der Waals surface area contributed by atoms with Gasteiger partial charge in [0.05, 0.1) is 5.71 Å². The van der Waals surface area contributed by atoms with Crippen molar-refractivity contribution in [1.29, 1.82) is 0 Å². The van der Waals surface area contributed by atoms with Gasteiger partial charge in [0, 0.05) is 7.05 Å². The van der Waals surface area contributed by atoms with Crippen molar-refractivity contribution in [3.8, 4) is 0 Å². The molecule has 0 radical (unpaired) electrons. The Hall–Kier alpha value is -1.24. The van der Waals surface area contributed by atoms with Crippen LogP contribution >= 0.6 is 15.9 Å². The monoisotopic (exact) mass is 271 g/mol. The lowest BCUT2D eigenvalue weighted by atomic mass is 10.1. The summed E-state index contributed by atoms with van der Waals surface area (Å²) < 4.78 is 0.697. The Kier molecular flexibility index (Phi) is 2.14. The lowest BCUT2D eigenvalue weighted by Gasteiger charge is -2.22. The molecule has 1 aliphatic heterocycles. The molecule has 0 aliphatic carbocycles. The van der Waals surface area contributed by atoms with Crippen LogP contribution in [0, 0.1) is 0 Å². The van der Waals surface area contributed by atoms with E-state index in [0.717, 1.165) is 0 Å². The van der Waals surface area contributed by atoms with Crippen LogP contribution in [-0.2, 0) is 4.79 Å². The fraction of sp³-hybridized carbons (Fsp3) is 0.500. The van der Waals surface area contributed by atoms with Crippen molar-refractivity contribution in [2.24, 2.45) is 5.10 Å². The maximum Gasteiger partial charge on any atom is 0.254 e. The Bertz CT molecular complexity index is 450. The summed E-state index contributed by atoms with van der Waals surface area (Å²) in [5.41, 5.74) is 0.665. The van der Waals surface area contributed by atoms with E-state index >= 15 is 0 Å². The number of nitrogens with zero attached hydrogens (tertiary/aromatic N) is 5.